The van der Waals surface area contributed by atoms with Gasteiger partial charge in [0.25, 0.3) is 0 Å². The number of hydrazine groups is 1. The van der Waals surface area contributed by atoms with Gasteiger partial charge in [-0.05, 0) is 30.7 Å². The fourth-order valence-corrected chi connectivity index (χ4v) is 2.13. The molecule has 17 heavy (non-hydrogen) atoms. The van der Waals surface area contributed by atoms with Gasteiger partial charge < -0.3 is 10.1 Å². The molecule has 4 heteroatoms. The maximum Gasteiger partial charge on any atom is 0.118 e. The molecule has 0 aliphatic carbocycles. The van der Waals surface area contributed by atoms with E-state index in [1.807, 2.05) is 12.1 Å². The van der Waals surface area contributed by atoms with Gasteiger partial charge in [0, 0.05) is 18.6 Å². The van der Waals surface area contributed by atoms with Gasteiger partial charge >= 0.3 is 0 Å². The molecular weight excluding hydrogens is 214 g/mol. The quantitative estimate of drug-likeness (QED) is 0.718. The van der Waals surface area contributed by atoms with E-state index in [4.69, 9.17) is 4.74 Å². The lowest BCUT2D eigenvalue weighted by Crippen LogP contribution is -2.37. The van der Waals surface area contributed by atoms with E-state index in [0.29, 0.717) is 12.1 Å². The third-order valence-corrected chi connectivity index (χ3v) is 3.14. The Morgan fingerprint density at radius 1 is 1.29 bits per heavy atom. The molecule has 0 radical (unpaired) electrons. The predicted molar refractivity (Wildman–Crippen MR) is 69.0 cm³/mol. The lowest BCUT2D eigenvalue weighted by atomic mass is 10.0. The zero-order valence-electron chi connectivity index (χ0n) is 10.5. The average Bonchev–Trinajstić information content (AvgIpc) is 2.85. The van der Waals surface area contributed by atoms with Gasteiger partial charge in [-0.25, -0.2) is 5.43 Å². The molecule has 1 aromatic carbocycles. The molecule has 4 nitrogen and oxygen atoms in total. The van der Waals surface area contributed by atoms with Gasteiger partial charge in [0.2, 0.25) is 0 Å². The van der Waals surface area contributed by atoms with E-state index >= 15 is 0 Å². The van der Waals surface area contributed by atoms with Crippen molar-refractivity contribution in [1.29, 1.82) is 0 Å². The number of benzene rings is 1. The SMILES string of the molecule is CCNCC1CC(c2ccc(OC)cc2)NN1. The Morgan fingerprint density at radius 2 is 2.06 bits per heavy atom. The van der Waals surface area contributed by atoms with Crippen LogP contribution in [0.25, 0.3) is 0 Å². The maximum atomic E-state index is 5.16. The number of methoxy groups -OCH3 is 1. The zero-order valence-corrected chi connectivity index (χ0v) is 10.5. The first-order valence-electron chi connectivity index (χ1n) is 6.19. The van der Waals surface area contributed by atoms with Crippen molar-refractivity contribution in [3.05, 3.63) is 29.8 Å². The van der Waals surface area contributed by atoms with E-state index < -0.39 is 0 Å². The van der Waals surface area contributed by atoms with Crippen LogP contribution in [0, 0.1) is 0 Å². The van der Waals surface area contributed by atoms with Crippen LogP contribution in [0.4, 0.5) is 0 Å². The van der Waals surface area contributed by atoms with Crippen molar-refractivity contribution in [2.45, 2.75) is 25.4 Å². The highest BCUT2D eigenvalue weighted by Crippen LogP contribution is 2.23. The number of rotatable bonds is 5. The summed E-state index contributed by atoms with van der Waals surface area (Å²) in [6.45, 7) is 4.16. The van der Waals surface area contributed by atoms with E-state index in [1.54, 1.807) is 7.11 Å². The van der Waals surface area contributed by atoms with E-state index in [-0.39, 0.29) is 0 Å². The van der Waals surface area contributed by atoms with Crippen molar-refractivity contribution in [1.82, 2.24) is 16.2 Å². The molecule has 0 spiro atoms. The van der Waals surface area contributed by atoms with Crippen molar-refractivity contribution in [3.8, 4) is 5.75 Å². The minimum atomic E-state index is 0.393. The molecule has 2 unspecified atom stereocenters. The second kappa shape index (κ2) is 6.00. The summed E-state index contributed by atoms with van der Waals surface area (Å²) in [4.78, 5) is 0. The third kappa shape index (κ3) is 3.19. The van der Waals surface area contributed by atoms with E-state index in [0.717, 1.165) is 25.3 Å². The maximum absolute atomic E-state index is 5.16. The highest BCUT2D eigenvalue weighted by molar-refractivity contribution is 5.29. The standard InChI is InChI=1S/C13H21N3O/c1-3-14-9-11-8-13(16-15-11)10-4-6-12(17-2)7-5-10/h4-7,11,13-16H,3,8-9H2,1-2H3. The van der Waals surface area contributed by atoms with Gasteiger partial charge in [-0.3, -0.25) is 5.43 Å². The molecule has 1 aliphatic rings. The molecule has 1 saturated heterocycles. The van der Waals surface area contributed by atoms with Crippen molar-refractivity contribution in [2.75, 3.05) is 20.2 Å². The number of nitrogens with one attached hydrogen (secondary N) is 3. The summed E-state index contributed by atoms with van der Waals surface area (Å²) in [5.41, 5.74) is 7.97. The summed E-state index contributed by atoms with van der Waals surface area (Å²) >= 11 is 0. The molecule has 3 N–H and O–H groups in total. The topological polar surface area (TPSA) is 45.3 Å². The Labute approximate surface area is 103 Å². The second-order valence-corrected chi connectivity index (χ2v) is 4.35. The van der Waals surface area contributed by atoms with Crippen LogP contribution in [-0.4, -0.2) is 26.2 Å². The predicted octanol–water partition coefficient (Wildman–Crippen LogP) is 1.21. The average molecular weight is 235 g/mol. The summed E-state index contributed by atoms with van der Waals surface area (Å²) in [5.74, 6) is 0.906. The Kier molecular flexibility index (Phi) is 4.36. The normalized spacial score (nSPS) is 23.9. The summed E-state index contributed by atoms with van der Waals surface area (Å²) in [7, 11) is 1.69. The Balaban J connectivity index is 1.90. The van der Waals surface area contributed by atoms with Crippen LogP contribution in [0.2, 0.25) is 0 Å². The molecule has 94 valence electrons. The number of hydrogen-bond donors (Lipinski definition) is 3. The first-order chi connectivity index (χ1) is 8.33. The van der Waals surface area contributed by atoms with Gasteiger partial charge in [-0.2, -0.15) is 0 Å². The Hall–Kier alpha value is -1.10. The molecule has 1 aromatic rings. The van der Waals surface area contributed by atoms with Crippen LogP contribution in [0.3, 0.4) is 0 Å². The molecular formula is C13H21N3O. The van der Waals surface area contributed by atoms with Gasteiger partial charge in [0.15, 0.2) is 0 Å². The van der Waals surface area contributed by atoms with Crippen molar-refractivity contribution in [3.63, 3.8) is 0 Å². The van der Waals surface area contributed by atoms with E-state index in [2.05, 4.69) is 35.2 Å². The van der Waals surface area contributed by atoms with Crippen molar-refractivity contribution < 1.29 is 4.74 Å². The Bertz CT molecular complexity index is 339. The third-order valence-electron chi connectivity index (χ3n) is 3.14. The first kappa shape index (κ1) is 12.4. The van der Waals surface area contributed by atoms with Crippen LogP contribution in [0.1, 0.15) is 24.9 Å². The van der Waals surface area contributed by atoms with Gasteiger partial charge in [-0.1, -0.05) is 19.1 Å². The molecule has 1 heterocycles. The minimum Gasteiger partial charge on any atom is -0.497 e. The monoisotopic (exact) mass is 235 g/mol. The molecule has 1 fully saturated rings. The second-order valence-electron chi connectivity index (χ2n) is 4.35. The molecule has 1 aliphatic heterocycles. The molecule has 0 saturated carbocycles. The van der Waals surface area contributed by atoms with Gasteiger partial charge in [0.1, 0.15) is 5.75 Å². The lowest BCUT2D eigenvalue weighted by Gasteiger charge is -2.10. The lowest BCUT2D eigenvalue weighted by molar-refractivity contribution is 0.414. The molecule has 2 rings (SSSR count). The van der Waals surface area contributed by atoms with Crippen LogP contribution in [-0.2, 0) is 0 Å². The van der Waals surface area contributed by atoms with Gasteiger partial charge in [0.05, 0.1) is 7.11 Å². The Morgan fingerprint density at radius 3 is 2.71 bits per heavy atom. The molecule has 0 aromatic heterocycles. The van der Waals surface area contributed by atoms with Crippen LogP contribution < -0.4 is 20.9 Å². The minimum absolute atomic E-state index is 0.393. The fourth-order valence-electron chi connectivity index (χ4n) is 2.13. The summed E-state index contributed by atoms with van der Waals surface area (Å²) < 4.78 is 5.16. The van der Waals surface area contributed by atoms with Crippen molar-refractivity contribution in [2.24, 2.45) is 0 Å². The molecule has 0 bridgehead atoms. The van der Waals surface area contributed by atoms with Gasteiger partial charge in [-0.15, -0.1) is 0 Å². The largest absolute Gasteiger partial charge is 0.497 e. The highest BCUT2D eigenvalue weighted by Gasteiger charge is 2.24. The first-order valence-corrected chi connectivity index (χ1v) is 6.19. The zero-order chi connectivity index (χ0) is 12.1. The van der Waals surface area contributed by atoms with E-state index in [9.17, 15) is 0 Å². The van der Waals surface area contributed by atoms with Crippen LogP contribution in [0.15, 0.2) is 24.3 Å². The molecule has 2 atom stereocenters. The van der Waals surface area contributed by atoms with Crippen LogP contribution >= 0.6 is 0 Å². The van der Waals surface area contributed by atoms with E-state index in [1.165, 1.54) is 5.56 Å². The summed E-state index contributed by atoms with van der Waals surface area (Å²) in [5, 5.41) is 3.36. The number of ether oxygens (including phenoxy) is 1. The smallest absolute Gasteiger partial charge is 0.118 e. The molecule has 0 amide bonds. The van der Waals surface area contributed by atoms with Crippen molar-refractivity contribution >= 4 is 0 Å². The summed E-state index contributed by atoms with van der Waals surface area (Å²) in [6.07, 6.45) is 1.11. The fraction of sp³-hybridized carbons (Fsp3) is 0.538. The van der Waals surface area contributed by atoms with Crippen LogP contribution in [0.5, 0.6) is 5.75 Å². The number of hydrogen-bond acceptors (Lipinski definition) is 4. The highest BCUT2D eigenvalue weighted by atomic mass is 16.5. The summed E-state index contributed by atoms with van der Waals surface area (Å²) in [6, 6.07) is 9.15. The number of likely N-dealkylation sites (N-methyl/N-ethyl adjacent to an activating group) is 1.